The van der Waals surface area contributed by atoms with Gasteiger partial charge in [-0.2, -0.15) is 9.97 Å². The molecular formula is C23H23ClN6O4. The van der Waals surface area contributed by atoms with Crippen molar-refractivity contribution in [2.75, 3.05) is 31.1 Å². The molecule has 1 aliphatic heterocycles. The highest BCUT2D eigenvalue weighted by Crippen LogP contribution is 2.24. The smallest absolute Gasteiger partial charge is 0.300 e. The van der Waals surface area contributed by atoms with E-state index in [-0.39, 0.29) is 12.3 Å². The van der Waals surface area contributed by atoms with Gasteiger partial charge < -0.3 is 23.8 Å². The summed E-state index contributed by atoms with van der Waals surface area (Å²) in [5.41, 5.74) is 1.42. The van der Waals surface area contributed by atoms with E-state index in [1.165, 1.54) is 0 Å². The van der Waals surface area contributed by atoms with E-state index >= 15 is 0 Å². The van der Waals surface area contributed by atoms with Gasteiger partial charge in [0.05, 0.1) is 12.0 Å². The number of carbonyl (C=O) groups excluding carboxylic acids is 1. The largest absolute Gasteiger partial charge is 0.422 e. The van der Waals surface area contributed by atoms with Crippen LogP contribution < -0.4 is 4.90 Å². The first-order valence-electron chi connectivity index (χ1n) is 10.9. The average molecular weight is 483 g/mol. The van der Waals surface area contributed by atoms with E-state index < -0.39 is 5.60 Å². The number of aromatic nitrogens is 4. The third-order valence-electron chi connectivity index (χ3n) is 5.49. The predicted octanol–water partition coefficient (Wildman–Crippen LogP) is 3.20. The summed E-state index contributed by atoms with van der Waals surface area (Å²) >= 11 is 5.92. The predicted molar refractivity (Wildman–Crippen MR) is 125 cm³/mol. The first-order valence-corrected chi connectivity index (χ1v) is 11.3. The van der Waals surface area contributed by atoms with Gasteiger partial charge >= 0.3 is 0 Å². The van der Waals surface area contributed by atoms with E-state index in [0.717, 1.165) is 5.56 Å². The van der Waals surface area contributed by atoms with Crippen LogP contribution in [0.5, 0.6) is 0 Å². The molecule has 3 aromatic heterocycles. The quantitative estimate of drug-likeness (QED) is 0.427. The van der Waals surface area contributed by atoms with Crippen molar-refractivity contribution in [3.05, 3.63) is 53.0 Å². The molecule has 0 spiro atoms. The zero-order chi connectivity index (χ0) is 23.9. The van der Waals surface area contributed by atoms with Crippen LogP contribution in [0, 0.1) is 0 Å². The van der Waals surface area contributed by atoms with Crippen LogP contribution in [-0.2, 0) is 6.42 Å². The first kappa shape index (κ1) is 22.3. The number of oxazole rings is 1. The molecule has 0 bridgehead atoms. The number of anilines is 1. The summed E-state index contributed by atoms with van der Waals surface area (Å²) in [7, 11) is 0. The summed E-state index contributed by atoms with van der Waals surface area (Å²) in [6.07, 6.45) is 0.260. The lowest BCUT2D eigenvalue weighted by Crippen LogP contribution is -2.48. The lowest BCUT2D eigenvalue weighted by Gasteiger charge is -2.33. The summed E-state index contributed by atoms with van der Waals surface area (Å²) in [6, 6.07) is 11.0. The van der Waals surface area contributed by atoms with Crippen molar-refractivity contribution in [1.82, 2.24) is 25.0 Å². The number of nitrogens with zero attached hydrogens (tertiary/aromatic N) is 6. The third kappa shape index (κ3) is 4.73. The Morgan fingerprint density at radius 2 is 1.79 bits per heavy atom. The maximum atomic E-state index is 13.0. The second-order valence-electron chi connectivity index (χ2n) is 8.81. The number of pyridine rings is 1. The number of piperazine rings is 1. The number of aliphatic hydroxyl groups is 1. The van der Waals surface area contributed by atoms with Gasteiger partial charge in [-0.05, 0) is 38.1 Å². The maximum Gasteiger partial charge on any atom is 0.300 e. The van der Waals surface area contributed by atoms with Crippen LogP contribution in [0.15, 0.2) is 45.3 Å². The van der Waals surface area contributed by atoms with E-state index in [9.17, 15) is 9.90 Å². The fourth-order valence-electron chi connectivity index (χ4n) is 3.78. The van der Waals surface area contributed by atoms with Crippen LogP contribution in [0.4, 0.5) is 6.01 Å². The number of hydrogen-bond acceptors (Lipinski definition) is 9. The number of amides is 1. The monoisotopic (exact) mass is 482 g/mol. The fraction of sp³-hybridized carbons (Fsp3) is 0.348. The number of halogens is 1. The Morgan fingerprint density at radius 3 is 2.50 bits per heavy atom. The number of rotatable bonds is 5. The molecule has 10 nitrogen and oxygen atoms in total. The summed E-state index contributed by atoms with van der Waals surface area (Å²) in [5.74, 6) is 0.729. The van der Waals surface area contributed by atoms with Crippen LogP contribution in [0.2, 0.25) is 5.15 Å². The lowest BCUT2D eigenvalue weighted by molar-refractivity contribution is 0.0716. The van der Waals surface area contributed by atoms with Crippen LogP contribution in [0.25, 0.3) is 22.6 Å². The van der Waals surface area contributed by atoms with Gasteiger partial charge in [-0.25, -0.2) is 4.98 Å². The topological polar surface area (TPSA) is 122 Å². The highest BCUT2D eigenvalue weighted by atomic mass is 35.5. The van der Waals surface area contributed by atoms with Crippen LogP contribution in [-0.4, -0.2) is 67.8 Å². The second kappa shape index (κ2) is 8.69. The highest BCUT2D eigenvalue weighted by Gasteiger charge is 2.25. The van der Waals surface area contributed by atoms with E-state index in [0.29, 0.717) is 65.9 Å². The van der Waals surface area contributed by atoms with Crippen molar-refractivity contribution in [3.8, 4) is 11.4 Å². The van der Waals surface area contributed by atoms with Crippen LogP contribution in [0.1, 0.15) is 30.1 Å². The normalized spacial score (nSPS) is 14.7. The Bertz CT molecular complexity index is 1320. The van der Waals surface area contributed by atoms with E-state index in [2.05, 4.69) is 20.1 Å². The Morgan fingerprint density at radius 1 is 1.06 bits per heavy atom. The molecule has 34 heavy (non-hydrogen) atoms. The molecule has 0 saturated carbocycles. The SMILES string of the molecule is CC(C)(O)Cc1nc(-c2ccc(C(=O)N3CCN(c4nc5nc(Cl)ccc5o4)CC3)cc2)no1. The van der Waals surface area contributed by atoms with Crippen molar-refractivity contribution < 1.29 is 18.8 Å². The Labute approximate surface area is 200 Å². The maximum absolute atomic E-state index is 13.0. The Hall–Kier alpha value is -3.50. The molecule has 11 heteroatoms. The zero-order valence-electron chi connectivity index (χ0n) is 18.7. The lowest BCUT2D eigenvalue weighted by atomic mass is 10.1. The molecule has 5 rings (SSSR count). The summed E-state index contributed by atoms with van der Waals surface area (Å²) in [6.45, 7) is 5.63. The minimum absolute atomic E-state index is 0.0481. The molecule has 1 aliphatic rings. The molecule has 1 N–H and O–H groups in total. The van der Waals surface area contributed by atoms with Crippen molar-refractivity contribution >= 4 is 34.8 Å². The highest BCUT2D eigenvalue weighted by molar-refractivity contribution is 6.29. The molecule has 1 amide bonds. The molecule has 4 heterocycles. The minimum Gasteiger partial charge on any atom is -0.422 e. The average Bonchev–Trinajstić information content (AvgIpc) is 3.44. The van der Waals surface area contributed by atoms with Crippen LogP contribution >= 0.6 is 11.6 Å². The van der Waals surface area contributed by atoms with Gasteiger partial charge in [0, 0.05) is 37.3 Å². The van der Waals surface area contributed by atoms with Crippen molar-refractivity contribution in [2.45, 2.75) is 25.9 Å². The van der Waals surface area contributed by atoms with Gasteiger partial charge in [0.15, 0.2) is 5.58 Å². The molecule has 0 aliphatic carbocycles. The van der Waals surface area contributed by atoms with Gasteiger partial charge in [0.2, 0.25) is 17.4 Å². The molecule has 4 aromatic rings. The van der Waals surface area contributed by atoms with Gasteiger partial charge in [0.1, 0.15) is 5.15 Å². The van der Waals surface area contributed by atoms with Gasteiger partial charge in [-0.1, -0.05) is 28.9 Å². The summed E-state index contributed by atoms with van der Waals surface area (Å²) < 4.78 is 11.0. The Balaban J connectivity index is 1.21. The fourth-order valence-corrected chi connectivity index (χ4v) is 3.92. The molecule has 0 radical (unpaired) electrons. The van der Waals surface area contributed by atoms with E-state index in [1.807, 2.05) is 4.90 Å². The number of carbonyl (C=O) groups is 1. The van der Waals surface area contributed by atoms with Gasteiger partial charge in [-0.15, -0.1) is 0 Å². The Kier molecular flexibility index (Phi) is 5.70. The number of fused-ring (bicyclic) bond motifs is 1. The summed E-state index contributed by atoms with van der Waals surface area (Å²) in [4.78, 5) is 29.7. The van der Waals surface area contributed by atoms with E-state index in [4.69, 9.17) is 20.5 Å². The molecule has 1 aromatic carbocycles. The third-order valence-corrected chi connectivity index (χ3v) is 5.70. The molecule has 0 unspecified atom stereocenters. The molecular weight excluding hydrogens is 460 g/mol. The molecule has 0 atom stereocenters. The molecule has 1 saturated heterocycles. The zero-order valence-corrected chi connectivity index (χ0v) is 19.5. The minimum atomic E-state index is -0.935. The number of benzene rings is 1. The number of hydrogen-bond donors (Lipinski definition) is 1. The van der Waals surface area contributed by atoms with Crippen LogP contribution in [0.3, 0.4) is 0 Å². The van der Waals surface area contributed by atoms with Crippen molar-refractivity contribution in [2.24, 2.45) is 0 Å². The molecule has 176 valence electrons. The van der Waals surface area contributed by atoms with Crippen molar-refractivity contribution in [3.63, 3.8) is 0 Å². The van der Waals surface area contributed by atoms with Gasteiger partial charge in [-0.3, -0.25) is 4.79 Å². The molecule has 1 fully saturated rings. The summed E-state index contributed by atoms with van der Waals surface area (Å²) in [5, 5.41) is 14.2. The second-order valence-corrected chi connectivity index (χ2v) is 9.20. The van der Waals surface area contributed by atoms with Gasteiger partial charge in [0.25, 0.3) is 11.9 Å². The van der Waals surface area contributed by atoms with Crippen molar-refractivity contribution in [1.29, 1.82) is 0 Å². The standard InChI is InChI=1S/C23H23ClN6O4/c1-23(2,32)13-18-26-19(28-34-18)14-3-5-15(6-4-14)21(31)29-9-11-30(12-10-29)22-27-20-16(33-22)7-8-17(24)25-20/h3-8,32H,9-13H2,1-2H3. The van der Waals surface area contributed by atoms with E-state index in [1.54, 1.807) is 55.1 Å². The first-order chi connectivity index (χ1) is 16.2.